The van der Waals surface area contributed by atoms with Gasteiger partial charge in [0.2, 0.25) is 0 Å². The van der Waals surface area contributed by atoms with Crippen LogP contribution in [0.5, 0.6) is 0 Å². The summed E-state index contributed by atoms with van der Waals surface area (Å²) in [4.78, 5) is 8.60. The summed E-state index contributed by atoms with van der Waals surface area (Å²) in [5.74, 6) is 7.49. The first-order valence-electron chi connectivity index (χ1n) is 7.01. The van der Waals surface area contributed by atoms with Gasteiger partial charge in [-0.3, -0.25) is 0 Å². The van der Waals surface area contributed by atoms with Crippen LogP contribution in [0.3, 0.4) is 0 Å². The molecule has 1 atom stereocenters. The fourth-order valence-corrected chi connectivity index (χ4v) is 2.93. The molecule has 1 aromatic rings. The van der Waals surface area contributed by atoms with E-state index in [1.165, 1.54) is 19.3 Å². The molecule has 0 aliphatic heterocycles. The first-order valence-corrected chi connectivity index (χ1v) is 7.01. The third-order valence-corrected chi connectivity index (χ3v) is 3.91. The van der Waals surface area contributed by atoms with Crippen LogP contribution in [-0.2, 0) is 0 Å². The van der Waals surface area contributed by atoms with Crippen LogP contribution in [0.4, 0.5) is 11.6 Å². The molecule has 0 aromatic carbocycles. The molecule has 4 N–H and O–H groups in total. The molecule has 0 radical (unpaired) electrons. The first kappa shape index (κ1) is 14.1. The minimum Gasteiger partial charge on any atom is -0.367 e. The summed E-state index contributed by atoms with van der Waals surface area (Å²) in [6.45, 7) is 8.91. The summed E-state index contributed by atoms with van der Waals surface area (Å²) in [6.07, 6.45) is 5.19. The zero-order valence-corrected chi connectivity index (χ0v) is 12.3. The minimum absolute atomic E-state index is 0.323. The fourth-order valence-electron chi connectivity index (χ4n) is 2.93. The predicted octanol–water partition coefficient (Wildman–Crippen LogP) is 2.88. The second-order valence-corrected chi connectivity index (χ2v) is 6.53. The second-order valence-electron chi connectivity index (χ2n) is 6.53. The Morgan fingerprint density at radius 1 is 1.32 bits per heavy atom. The lowest BCUT2D eigenvalue weighted by Crippen LogP contribution is -2.21. The number of hydrogen-bond acceptors (Lipinski definition) is 5. The number of hydrazine groups is 1. The number of anilines is 2. The molecule has 1 unspecified atom stereocenters. The van der Waals surface area contributed by atoms with Gasteiger partial charge in [0, 0.05) is 11.6 Å². The molecule has 1 aliphatic rings. The van der Waals surface area contributed by atoms with Crippen molar-refractivity contribution in [2.75, 3.05) is 10.7 Å². The molecule has 1 saturated carbocycles. The number of rotatable bonds is 4. The Bertz CT molecular complexity index is 441. The lowest BCUT2D eigenvalue weighted by atomic mass is 9.92. The Balaban J connectivity index is 2.21. The maximum absolute atomic E-state index is 5.54. The normalized spacial score (nSPS) is 21.7. The van der Waals surface area contributed by atoms with Crippen LogP contribution in [-0.4, -0.2) is 16.0 Å². The number of hydrogen-bond donors (Lipinski definition) is 3. The molecule has 1 aromatic heterocycles. The van der Waals surface area contributed by atoms with Crippen molar-refractivity contribution in [1.29, 1.82) is 0 Å². The topological polar surface area (TPSA) is 75.9 Å². The van der Waals surface area contributed by atoms with Gasteiger partial charge in [-0.1, -0.05) is 27.7 Å². The van der Waals surface area contributed by atoms with Gasteiger partial charge in [-0.2, -0.15) is 0 Å². The van der Waals surface area contributed by atoms with E-state index < -0.39 is 0 Å². The molecule has 1 fully saturated rings. The second kappa shape index (κ2) is 5.33. The minimum atomic E-state index is 0.323. The number of nitrogens with one attached hydrogen (secondary N) is 2. The molecule has 2 rings (SSSR count). The molecule has 5 heteroatoms. The van der Waals surface area contributed by atoms with Crippen molar-refractivity contribution in [2.45, 2.75) is 58.9 Å². The molecule has 0 bridgehead atoms. The Hall–Kier alpha value is -1.36. The molecule has 5 nitrogen and oxygen atoms in total. The molecule has 19 heavy (non-hydrogen) atoms. The van der Waals surface area contributed by atoms with Crippen molar-refractivity contribution in [3.63, 3.8) is 0 Å². The van der Waals surface area contributed by atoms with Gasteiger partial charge in [-0.15, -0.1) is 0 Å². The Labute approximate surface area is 115 Å². The highest BCUT2D eigenvalue weighted by Gasteiger charge is 2.31. The summed E-state index contributed by atoms with van der Waals surface area (Å²) in [6, 6.07) is 0.494. The quantitative estimate of drug-likeness (QED) is 0.575. The summed E-state index contributed by atoms with van der Waals surface area (Å²) in [7, 11) is 0. The highest BCUT2D eigenvalue weighted by atomic mass is 15.3. The summed E-state index contributed by atoms with van der Waals surface area (Å²) >= 11 is 0. The zero-order chi connectivity index (χ0) is 14.0. The summed E-state index contributed by atoms with van der Waals surface area (Å²) < 4.78 is 0. The number of nitrogens with zero attached hydrogens (tertiary/aromatic N) is 2. The number of nitrogen functional groups attached to an aromatic ring is 1. The van der Waals surface area contributed by atoms with E-state index in [0.717, 1.165) is 11.4 Å². The van der Waals surface area contributed by atoms with Crippen LogP contribution in [0.2, 0.25) is 0 Å². The van der Waals surface area contributed by atoms with Crippen LogP contribution < -0.4 is 16.6 Å². The van der Waals surface area contributed by atoms with Crippen LogP contribution >= 0.6 is 0 Å². The van der Waals surface area contributed by atoms with Crippen molar-refractivity contribution in [1.82, 2.24) is 9.97 Å². The monoisotopic (exact) mass is 263 g/mol. The molecule has 106 valence electrons. The van der Waals surface area contributed by atoms with E-state index in [2.05, 4.69) is 48.4 Å². The Morgan fingerprint density at radius 2 is 2.00 bits per heavy atom. The van der Waals surface area contributed by atoms with Gasteiger partial charge in [0.25, 0.3) is 0 Å². The largest absolute Gasteiger partial charge is 0.367 e. The van der Waals surface area contributed by atoms with E-state index >= 15 is 0 Å². The van der Waals surface area contributed by atoms with Crippen molar-refractivity contribution in [3.05, 3.63) is 11.9 Å². The molecule has 0 saturated heterocycles. The fraction of sp³-hybridized carbons (Fsp3) is 0.714. The average molecular weight is 263 g/mol. The molecule has 1 aliphatic carbocycles. The van der Waals surface area contributed by atoms with Crippen LogP contribution in [0, 0.1) is 5.41 Å². The predicted molar refractivity (Wildman–Crippen MR) is 79.0 cm³/mol. The Kier molecular flexibility index (Phi) is 3.94. The third-order valence-electron chi connectivity index (χ3n) is 3.91. The first-order chi connectivity index (χ1) is 8.93. The molecule has 1 heterocycles. The molecular weight excluding hydrogens is 238 g/mol. The SMILES string of the molecule is CC(C)c1c(NN)ncnc1NC1CCC(C)(C)C1. The summed E-state index contributed by atoms with van der Waals surface area (Å²) in [5.41, 5.74) is 4.16. The van der Waals surface area contributed by atoms with Crippen LogP contribution in [0.1, 0.15) is 58.4 Å². The van der Waals surface area contributed by atoms with Crippen molar-refractivity contribution in [3.8, 4) is 0 Å². The van der Waals surface area contributed by atoms with Crippen molar-refractivity contribution in [2.24, 2.45) is 11.3 Å². The van der Waals surface area contributed by atoms with Gasteiger partial charge < -0.3 is 10.7 Å². The van der Waals surface area contributed by atoms with Gasteiger partial charge in [0.1, 0.15) is 18.0 Å². The van der Waals surface area contributed by atoms with Gasteiger partial charge in [0.05, 0.1) is 0 Å². The third kappa shape index (κ3) is 3.15. The van der Waals surface area contributed by atoms with E-state index in [9.17, 15) is 0 Å². The van der Waals surface area contributed by atoms with Gasteiger partial charge >= 0.3 is 0 Å². The van der Waals surface area contributed by atoms with Crippen molar-refractivity contribution < 1.29 is 0 Å². The molecule has 0 amide bonds. The molecule has 0 spiro atoms. The standard InChI is InChI=1S/C14H25N5/c1-9(2)11-12(16-8-17-13(11)19-15)18-10-5-6-14(3,4)7-10/h8-10H,5-7,15H2,1-4H3,(H2,16,17,18,19). The maximum atomic E-state index is 5.54. The average Bonchev–Trinajstić information content (AvgIpc) is 2.68. The van der Waals surface area contributed by atoms with Gasteiger partial charge in [0.15, 0.2) is 0 Å². The van der Waals surface area contributed by atoms with Crippen molar-refractivity contribution >= 4 is 11.6 Å². The number of nitrogens with two attached hydrogens (primary N) is 1. The highest BCUT2D eigenvalue weighted by molar-refractivity contribution is 5.58. The van der Waals surface area contributed by atoms with E-state index in [-0.39, 0.29) is 0 Å². The zero-order valence-electron chi connectivity index (χ0n) is 12.3. The van der Waals surface area contributed by atoms with Gasteiger partial charge in [-0.25, -0.2) is 15.8 Å². The van der Waals surface area contributed by atoms with E-state index in [0.29, 0.717) is 23.2 Å². The van der Waals surface area contributed by atoms with E-state index in [1.54, 1.807) is 6.33 Å². The smallest absolute Gasteiger partial charge is 0.148 e. The number of aromatic nitrogens is 2. The summed E-state index contributed by atoms with van der Waals surface area (Å²) in [5, 5.41) is 3.57. The van der Waals surface area contributed by atoms with E-state index in [1.807, 2.05) is 0 Å². The van der Waals surface area contributed by atoms with Crippen LogP contribution in [0.25, 0.3) is 0 Å². The lowest BCUT2D eigenvalue weighted by Gasteiger charge is -2.21. The van der Waals surface area contributed by atoms with Crippen LogP contribution in [0.15, 0.2) is 6.33 Å². The lowest BCUT2D eigenvalue weighted by molar-refractivity contribution is 0.378. The van der Waals surface area contributed by atoms with Gasteiger partial charge in [-0.05, 0) is 30.6 Å². The maximum Gasteiger partial charge on any atom is 0.148 e. The molecular formula is C14H25N5. The van der Waals surface area contributed by atoms with E-state index in [4.69, 9.17) is 5.84 Å². The Morgan fingerprint density at radius 3 is 2.53 bits per heavy atom. The highest BCUT2D eigenvalue weighted by Crippen LogP contribution is 2.39.